The van der Waals surface area contributed by atoms with Crippen molar-refractivity contribution in [1.29, 1.82) is 0 Å². The number of esters is 1. The lowest BCUT2D eigenvalue weighted by Crippen LogP contribution is -2.11. The van der Waals surface area contributed by atoms with E-state index in [1.54, 1.807) is 0 Å². The molecular formula is C10H18O3. The molecule has 0 heterocycles. The van der Waals surface area contributed by atoms with E-state index < -0.39 is 5.97 Å². The molecule has 0 amide bonds. The molecule has 3 heteroatoms. The molecule has 1 atom stereocenters. The van der Waals surface area contributed by atoms with Crippen molar-refractivity contribution in [1.82, 2.24) is 0 Å². The second-order valence-corrected chi connectivity index (χ2v) is 2.96. The molecule has 0 N–H and O–H groups in total. The van der Waals surface area contributed by atoms with E-state index in [1.807, 2.05) is 0 Å². The summed E-state index contributed by atoms with van der Waals surface area (Å²) < 4.78 is 9.99. The summed E-state index contributed by atoms with van der Waals surface area (Å²) in [5.74, 6) is 0.169. The van der Waals surface area contributed by atoms with E-state index in [0.717, 1.165) is 19.1 Å². The fourth-order valence-electron chi connectivity index (χ4n) is 0.662. The second-order valence-electron chi connectivity index (χ2n) is 2.96. The van der Waals surface area contributed by atoms with Crippen LogP contribution in [0.15, 0.2) is 12.7 Å². The zero-order chi connectivity index (χ0) is 10.1. The highest BCUT2D eigenvalue weighted by molar-refractivity contribution is 5.81. The Bertz CT molecular complexity index is 154. The predicted octanol–water partition coefficient (Wildman–Crippen LogP) is 1.78. The lowest BCUT2D eigenvalue weighted by molar-refractivity contribution is -0.139. The highest BCUT2D eigenvalue weighted by Crippen LogP contribution is 1.99. The van der Waals surface area contributed by atoms with Crippen LogP contribution in [0.5, 0.6) is 0 Å². The molecule has 76 valence electrons. The third kappa shape index (κ3) is 7.53. The first-order valence-electron chi connectivity index (χ1n) is 4.57. The highest BCUT2D eigenvalue weighted by Gasteiger charge is 1.99. The first kappa shape index (κ1) is 12.2. The minimum atomic E-state index is -0.396. The van der Waals surface area contributed by atoms with Crippen molar-refractivity contribution < 1.29 is 14.3 Å². The van der Waals surface area contributed by atoms with Gasteiger partial charge in [0.2, 0.25) is 0 Å². The van der Waals surface area contributed by atoms with Crippen molar-refractivity contribution in [2.24, 2.45) is 5.92 Å². The zero-order valence-electron chi connectivity index (χ0n) is 8.41. The lowest BCUT2D eigenvalue weighted by Gasteiger charge is -2.08. The van der Waals surface area contributed by atoms with Crippen LogP contribution in [-0.4, -0.2) is 25.8 Å². The average Bonchev–Trinajstić information content (AvgIpc) is 2.16. The van der Waals surface area contributed by atoms with Gasteiger partial charge in [0.15, 0.2) is 0 Å². The van der Waals surface area contributed by atoms with Crippen LogP contribution in [-0.2, 0) is 14.3 Å². The number of hydrogen-bond donors (Lipinski definition) is 0. The van der Waals surface area contributed by atoms with Crippen molar-refractivity contribution in [2.75, 3.05) is 19.8 Å². The van der Waals surface area contributed by atoms with Crippen molar-refractivity contribution >= 4 is 5.97 Å². The summed E-state index contributed by atoms with van der Waals surface area (Å²) in [4.78, 5) is 10.6. The molecule has 0 aromatic carbocycles. The third-order valence-corrected chi connectivity index (χ3v) is 1.74. The maximum atomic E-state index is 10.6. The maximum Gasteiger partial charge on any atom is 0.330 e. The Morgan fingerprint density at radius 1 is 1.54 bits per heavy atom. The van der Waals surface area contributed by atoms with Crippen molar-refractivity contribution in [3.05, 3.63) is 12.7 Å². The van der Waals surface area contributed by atoms with Gasteiger partial charge in [-0.2, -0.15) is 0 Å². The summed E-state index contributed by atoms with van der Waals surface area (Å²) >= 11 is 0. The monoisotopic (exact) mass is 186 g/mol. The van der Waals surface area contributed by atoms with Gasteiger partial charge in [-0.3, -0.25) is 0 Å². The van der Waals surface area contributed by atoms with Crippen LogP contribution in [0.1, 0.15) is 20.3 Å². The number of ether oxygens (including phenoxy) is 2. The molecule has 13 heavy (non-hydrogen) atoms. The standard InChI is InChI=1S/C10H18O3/c1-4-9(3)8-12-6-7-13-10(11)5-2/h5,9H,2,4,6-8H2,1,3H3. The fourth-order valence-corrected chi connectivity index (χ4v) is 0.662. The van der Waals surface area contributed by atoms with E-state index in [2.05, 4.69) is 20.4 Å². The zero-order valence-corrected chi connectivity index (χ0v) is 8.41. The predicted molar refractivity (Wildman–Crippen MR) is 51.4 cm³/mol. The van der Waals surface area contributed by atoms with Gasteiger partial charge in [0, 0.05) is 12.7 Å². The Kier molecular flexibility index (Phi) is 7.30. The van der Waals surface area contributed by atoms with E-state index in [0.29, 0.717) is 19.1 Å². The van der Waals surface area contributed by atoms with Gasteiger partial charge in [-0.1, -0.05) is 26.8 Å². The quantitative estimate of drug-likeness (QED) is 0.345. The SMILES string of the molecule is C=CC(=O)OCCOCC(C)CC. The Morgan fingerprint density at radius 3 is 2.77 bits per heavy atom. The van der Waals surface area contributed by atoms with E-state index >= 15 is 0 Å². The lowest BCUT2D eigenvalue weighted by atomic mass is 10.1. The summed E-state index contributed by atoms with van der Waals surface area (Å²) in [6, 6.07) is 0. The van der Waals surface area contributed by atoms with Crippen LogP contribution >= 0.6 is 0 Å². The number of carbonyl (C=O) groups excluding carboxylic acids is 1. The summed E-state index contributed by atoms with van der Waals surface area (Å²) in [7, 11) is 0. The summed E-state index contributed by atoms with van der Waals surface area (Å²) in [5.41, 5.74) is 0. The van der Waals surface area contributed by atoms with Crippen LogP contribution in [0.2, 0.25) is 0 Å². The Hall–Kier alpha value is -0.830. The second kappa shape index (κ2) is 7.80. The number of hydrogen-bond acceptors (Lipinski definition) is 3. The van der Waals surface area contributed by atoms with E-state index in [-0.39, 0.29) is 0 Å². The molecule has 0 radical (unpaired) electrons. The van der Waals surface area contributed by atoms with Gasteiger partial charge in [0.1, 0.15) is 6.61 Å². The molecule has 0 aromatic heterocycles. The van der Waals surface area contributed by atoms with Crippen LogP contribution in [0.25, 0.3) is 0 Å². The molecule has 0 saturated carbocycles. The van der Waals surface area contributed by atoms with Crippen molar-refractivity contribution in [3.8, 4) is 0 Å². The van der Waals surface area contributed by atoms with Crippen molar-refractivity contribution in [2.45, 2.75) is 20.3 Å². The van der Waals surface area contributed by atoms with E-state index in [1.165, 1.54) is 0 Å². The first-order chi connectivity index (χ1) is 6.20. The molecule has 1 unspecified atom stereocenters. The highest BCUT2D eigenvalue weighted by atomic mass is 16.6. The summed E-state index contributed by atoms with van der Waals surface area (Å²) in [6.07, 6.45) is 2.25. The molecule has 0 bridgehead atoms. The average molecular weight is 186 g/mol. The molecular weight excluding hydrogens is 168 g/mol. The van der Waals surface area contributed by atoms with Crippen molar-refractivity contribution in [3.63, 3.8) is 0 Å². The van der Waals surface area contributed by atoms with Gasteiger partial charge in [-0.05, 0) is 5.92 Å². The molecule has 0 spiro atoms. The molecule has 0 aliphatic heterocycles. The van der Waals surface area contributed by atoms with Gasteiger partial charge in [-0.15, -0.1) is 0 Å². The fraction of sp³-hybridized carbons (Fsp3) is 0.700. The minimum Gasteiger partial charge on any atom is -0.460 e. The number of carbonyl (C=O) groups is 1. The van der Waals surface area contributed by atoms with Gasteiger partial charge in [0.05, 0.1) is 6.61 Å². The van der Waals surface area contributed by atoms with Crippen LogP contribution in [0, 0.1) is 5.92 Å². The van der Waals surface area contributed by atoms with Gasteiger partial charge >= 0.3 is 5.97 Å². The van der Waals surface area contributed by atoms with E-state index in [4.69, 9.17) is 9.47 Å². The van der Waals surface area contributed by atoms with Gasteiger partial charge in [0.25, 0.3) is 0 Å². The molecule has 0 aliphatic rings. The first-order valence-corrected chi connectivity index (χ1v) is 4.57. The Balaban J connectivity index is 3.17. The van der Waals surface area contributed by atoms with Crippen LogP contribution in [0.3, 0.4) is 0 Å². The third-order valence-electron chi connectivity index (χ3n) is 1.74. The van der Waals surface area contributed by atoms with Gasteiger partial charge in [-0.25, -0.2) is 4.79 Å². The maximum absolute atomic E-state index is 10.6. The largest absolute Gasteiger partial charge is 0.460 e. The Morgan fingerprint density at radius 2 is 2.23 bits per heavy atom. The molecule has 0 rings (SSSR count). The summed E-state index contributed by atoms with van der Waals surface area (Å²) in [5, 5.41) is 0. The molecule has 0 aliphatic carbocycles. The molecule has 0 fully saturated rings. The molecule has 0 saturated heterocycles. The Labute approximate surface area is 79.7 Å². The normalized spacial score (nSPS) is 12.2. The smallest absolute Gasteiger partial charge is 0.330 e. The minimum absolute atomic E-state index is 0.307. The van der Waals surface area contributed by atoms with E-state index in [9.17, 15) is 4.79 Å². The summed E-state index contributed by atoms with van der Waals surface area (Å²) in [6.45, 7) is 9.02. The molecule has 0 aromatic rings. The van der Waals surface area contributed by atoms with Gasteiger partial charge < -0.3 is 9.47 Å². The molecule has 3 nitrogen and oxygen atoms in total. The topological polar surface area (TPSA) is 35.5 Å². The van der Waals surface area contributed by atoms with Crippen LogP contribution < -0.4 is 0 Å². The number of rotatable bonds is 7. The van der Waals surface area contributed by atoms with Crippen LogP contribution in [0.4, 0.5) is 0 Å².